The van der Waals surface area contributed by atoms with Crippen molar-refractivity contribution in [3.63, 3.8) is 0 Å². The second-order valence-corrected chi connectivity index (χ2v) is 8.88. The molecule has 0 aromatic heterocycles. The first kappa shape index (κ1) is 29.9. The molecule has 0 saturated carbocycles. The number of aliphatic hydroxyl groups excluding tert-OH is 1. The lowest BCUT2D eigenvalue weighted by Crippen LogP contribution is -2.42. The summed E-state index contributed by atoms with van der Waals surface area (Å²) in [6, 6.07) is 8.09. The van der Waals surface area contributed by atoms with Crippen LogP contribution in [0.25, 0.3) is 0 Å². The minimum Gasteiger partial charge on any atom is -0.508 e. The van der Waals surface area contributed by atoms with E-state index < -0.39 is 24.0 Å². The summed E-state index contributed by atoms with van der Waals surface area (Å²) in [5, 5.41) is 43.7. The number of aromatic hydroxyl groups is 1. The molecule has 5 N–H and O–H groups in total. The number of amides is 1. The number of phenolic OH excluding ortho intramolecular Hbond substituents is 1. The fourth-order valence-electron chi connectivity index (χ4n) is 3.50. The van der Waals surface area contributed by atoms with E-state index >= 15 is 0 Å². The number of aryl methyl sites for hydroxylation is 1. The molecule has 2 aromatic carbocycles. The first-order chi connectivity index (χ1) is 17.7. The van der Waals surface area contributed by atoms with E-state index in [1.165, 1.54) is 31.4 Å². The summed E-state index contributed by atoms with van der Waals surface area (Å²) in [6.45, 7) is 0.745. The molecule has 10 nitrogen and oxygen atoms in total. The van der Waals surface area contributed by atoms with Crippen LogP contribution in [0.2, 0.25) is 10.0 Å². The molecule has 0 aliphatic rings. The molecular weight excluding hydrogens is 523 g/mol. The maximum Gasteiger partial charge on any atom is 0.326 e. The number of hydrogen-bond acceptors (Lipinski definition) is 7. The van der Waals surface area contributed by atoms with Crippen molar-refractivity contribution >= 4 is 40.9 Å². The quantitative estimate of drug-likeness (QED) is 0.109. The van der Waals surface area contributed by atoms with E-state index in [2.05, 4.69) is 15.6 Å². The number of hydrogen-bond donors (Lipinski definition) is 5. The fraction of sp³-hybridized carbons (Fsp3) is 0.360. The third-order valence-corrected chi connectivity index (χ3v) is 5.98. The van der Waals surface area contributed by atoms with Gasteiger partial charge in [0.05, 0.1) is 28.3 Å². The van der Waals surface area contributed by atoms with Gasteiger partial charge in [0.15, 0.2) is 0 Å². The molecule has 2 rings (SSSR count). The van der Waals surface area contributed by atoms with Crippen LogP contribution in [0.15, 0.2) is 41.4 Å². The highest BCUT2D eigenvalue weighted by molar-refractivity contribution is 6.39. The topological polar surface area (TPSA) is 164 Å². The van der Waals surface area contributed by atoms with Crippen molar-refractivity contribution < 1.29 is 29.6 Å². The molecule has 1 unspecified atom stereocenters. The standard InChI is InChI=1S/C25H28Cl2N4O6/c1-37-10-9-29-22(30-14-28)8-6-20(25(35)36)31-24(34)23-18(26)11-15(12-19(23)27)5-7-21(33)16-3-2-4-17(32)13-16/h2-4,11-13,20-21,32-33H,5-10H2,1H3,(H,29,30)(H,31,34)(H,35,36)/t20-,21?/m0/s1. The number of halogens is 2. The maximum absolute atomic E-state index is 12.9. The first-order valence-corrected chi connectivity index (χ1v) is 12.1. The number of nitrogens with zero attached hydrogens (tertiary/aromatic N) is 2. The van der Waals surface area contributed by atoms with Gasteiger partial charge in [0.25, 0.3) is 5.91 Å². The number of nitrogens with one attached hydrogen (secondary N) is 2. The summed E-state index contributed by atoms with van der Waals surface area (Å²) in [5.41, 5.74) is 1.15. The molecule has 2 atom stereocenters. The smallest absolute Gasteiger partial charge is 0.326 e. The van der Waals surface area contributed by atoms with Gasteiger partial charge in [-0.1, -0.05) is 35.3 Å². The van der Waals surface area contributed by atoms with Gasteiger partial charge in [-0.25, -0.2) is 4.79 Å². The van der Waals surface area contributed by atoms with E-state index in [4.69, 9.17) is 33.2 Å². The summed E-state index contributed by atoms with van der Waals surface area (Å²) < 4.78 is 4.92. The third-order valence-electron chi connectivity index (χ3n) is 5.38. The maximum atomic E-state index is 12.9. The van der Waals surface area contributed by atoms with Crippen molar-refractivity contribution in [3.05, 3.63) is 63.1 Å². The van der Waals surface area contributed by atoms with Crippen molar-refractivity contribution in [2.45, 2.75) is 37.8 Å². The Kier molecular flexibility index (Phi) is 12.1. The van der Waals surface area contributed by atoms with Crippen LogP contribution in [0.3, 0.4) is 0 Å². The minimum absolute atomic E-state index is 0.0314. The van der Waals surface area contributed by atoms with Crippen LogP contribution in [0.1, 0.15) is 46.9 Å². The van der Waals surface area contributed by atoms with E-state index in [0.717, 1.165) is 0 Å². The Hall–Kier alpha value is -3.36. The van der Waals surface area contributed by atoms with Crippen LogP contribution in [-0.4, -0.2) is 59.3 Å². The van der Waals surface area contributed by atoms with Crippen molar-refractivity contribution in [2.75, 3.05) is 20.3 Å². The number of carboxylic acids is 1. The third kappa shape index (κ3) is 9.55. The van der Waals surface area contributed by atoms with Crippen LogP contribution < -0.4 is 10.6 Å². The predicted octanol–water partition coefficient (Wildman–Crippen LogP) is 3.44. The number of aliphatic carboxylic acids is 1. The minimum atomic E-state index is -1.29. The molecule has 37 heavy (non-hydrogen) atoms. The van der Waals surface area contributed by atoms with Gasteiger partial charge in [-0.3, -0.25) is 4.79 Å². The summed E-state index contributed by atoms with van der Waals surface area (Å²) >= 11 is 12.6. The molecule has 0 spiro atoms. The van der Waals surface area contributed by atoms with Gasteiger partial charge in [0, 0.05) is 20.1 Å². The van der Waals surface area contributed by atoms with Crippen LogP contribution in [0.5, 0.6) is 5.75 Å². The number of carbonyl (C=O) groups is 2. The summed E-state index contributed by atoms with van der Waals surface area (Å²) in [4.78, 5) is 28.2. The number of aliphatic imine (C=N–C) groups is 1. The van der Waals surface area contributed by atoms with Crippen molar-refractivity contribution in [2.24, 2.45) is 4.99 Å². The van der Waals surface area contributed by atoms with Crippen molar-refractivity contribution in [1.82, 2.24) is 10.6 Å². The first-order valence-electron chi connectivity index (χ1n) is 11.3. The lowest BCUT2D eigenvalue weighted by molar-refractivity contribution is -0.139. The average Bonchev–Trinajstić information content (AvgIpc) is 2.84. The largest absolute Gasteiger partial charge is 0.508 e. The fourth-order valence-corrected chi connectivity index (χ4v) is 4.20. The number of amidine groups is 1. The Balaban J connectivity index is 2.05. The van der Waals surface area contributed by atoms with E-state index in [-0.39, 0.29) is 40.0 Å². The van der Waals surface area contributed by atoms with Crippen molar-refractivity contribution in [1.29, 1.82) is 5.26 Å². The predicted molar refractivity (Wildman–Crippen MR) is 139 cm³/mol. The van der Waals surface area contributed by atoms with Crippen LogP contribution in [0, 0.1) is 11.5 Å². The number of carbonyl (C=O) groups excluding carboxylic acids is 1. The SMILES string of the molecule is COCCN/C(CC[C@H](NC(=O)c1c(Cl)cc(CCC(O)c2cccc(O)c2)cc1Cl)C(=O)O)=N/C#N. The monoisotopic (exact) mass is 550 g/mol. The van der Waals surface area contributed by atoms with E-state index in [1.54, 1.807) is 18.3 Å². The number of nitriles is 1. The van der Waals surface area contributed by atoms with Gasteiger partial charge in [-0.2, -0.15) is 10.3 Å². The van der Waals surface area contributed by atoms with E-state index in [1.807, 2.05) is 0 Å². The van der Waals surface area contributed by atoms with Gasteiger partial charge in [-0.15, -0.1) is 0 Å². The molecular formula is C25H28Cl2N4O6. The number of ether oxygens (including phenoxy) is 1. The number of methoxy groups -OCH3 is 1. The van der Waals surface area contributed by atoms with Gasteiger partial charge in [-0.05, 0) is 54.7 Å². The highest BCUT2D eigenvalue weighted by Gasteiger charge is 2.24. The van der Waals surface area contributed by atoms with Gasteiger partial charge in [0.1, 0.15) is 17.6 Å². The zero-order chi connectivity index (χ0) is 27.4. The van der Waals surface area contributed by atoms with Crippen LogP contribution in [0.4, 0.5) is 0 Å². The number of benzene rings is 2. The zero-order valence-corrected chi connectivity index (χ0v) is 21.6. The Labute approximate surface area is 224 Å². The van der Waals surface area contributed by atoms with Crippen LogP contribution in [-0.2, 0) is 16.0 Å². The van der Waals surface area contributed by atoms with Gasteiger partial charge >= 0.3 is 5.97 Å². The molecule has 12 heteroatoms. The molecule has 0 aliphatic heterocycles. The molecule has 0 aliphatic carbocycles. The highest BCUT2D eigenvalue weighted by Crippen LogP contribution is 2.29. The molecule has 2 aromatic rings. The molecule has 0 radical (unpaired) electrons. The molecule has 0 saturated heterocycles. The van der Waals surface area contributed by atoms with E-state index in [0.29, 0.717) is 37.1 Å². The van der Waals surface area contributed by atoms with Crippen LogP contribution >= 0.6 is 23.2 Å². The summed E-state index contributed by atoms with van der Waals surface area (Å²) in [6.07, 6.45) is 1.57. The second-order valence-electron chi connectivity index (χ2n) is 8.06. The normalized spacial score (nSPS) is 12.9. The zero-order valence-electron chi connectivity index (χ0n) is 20.1. The highest BCUT2D eigenvalue weighted by atomic mass is 35.5. The molecule has 198 valence electrons. The second kappa shape index (κ2) is 15.0. The molecule has 0 bridgehead atoms. The summed E-state index contributed by atoms with van der Waals surface area (Å²) in [7, 11) is 1.52. The summed E-state index contributed by atoms with van der Waals surface area (Å²) in [5.74, 6) is -1.71. The van der Waals surface area contributed by atoms with Crippen molar-refractivity contribution in [3.8, 4) is 11.9 Å². The molecule has 0 fully saturated rings. The van der Waals surface area contributed by atoms with Gasteiger partial charge < -0.3 is 30.7 Å². The Morgan fingerprint density at radius 1 is 1.19 bits per heavy atom. The lowest BCUT2D eigenvalue weighted by Gasteiger charge is -2.17. The Bertz CT molecular complexity index is 1150. The lowest BCUT2D eigenvalue weighted by atomic mass is 10.00. The number of rotatable bonds is 13. The number of phenols is 1. The Morgan fingerprint density at radius 2 is 1.89 bits per heavy atom. The van der Waals surface area contributed by atoms with Gasteiger partial charge in [0.2, 0.25) is 6.19 Å². The molecule has 0 heterocycles. The average molecular weight is 551 g/mol. The molecule has 1 amide bonds. The number of aliphatic hydroxyl groups is 1. The Morgan fingerprint density at radius 3 is 2.49 bits per heavy atom. The number of carboxylic acid groups (broad SMARTS) is 1. The van der Waals surface area contributed by atoms with E-state index in [9.17, 15) is 24.9 Å².